The van der Waals surface area contributed by atoms with Crippen molar-refractivity contribution in [1.29, 1.82) is 5.26 Å². The molecule has 1 rings (SSSR count). The van der Waals surface area contributed by atoms with E-state index in [2.05, 4.69) is 51.3 Å². The number of rotatable bonds is 3. The number of nitriles is 1. The van der Waals surface area contributed by atoms with Gasteiger partial charge in [-0.2, -0.15) is 5.26 Å². The van der Waals surface area contributed by atoms with Crippen LogP contribution in [0.2, 0.25) is 0 Å². The lowest BCUT2D eigenvalue weighted by molar-refractivity contribution is 0.827. The number of hydrogen-bond donors (Lipinski definition) is 0. The molecule has 0 fully saturated rings. The minimum Gasteiger partial charge on any atom is -0.185 e. The van der Waals surface area contributed by atoms with Gasteiger partial charge in [0.1, 0.15) is 5.40 Å². The molecule has 0 saturated carbocycles. The third-order valence-corrected chi connectivity index (χ3v) is 3.01. The molecule has 0 aliphatic rings. The van der Waals surface area contributed by atoms with Crippen LogP contribution in [0, 0.1) is 10.7 Å². The van der Waals surface area contributed by atoms with Crippen LogP contribution in [0.25, 0.3) is 0 Å². The van der Waals surface area contributed by atoms with Gasteiger partial charge in [0.15, 0.2) is 0 Å². The van der Waals surface area contributed by atoms with Crippen molar-refractivity contribution in [2.45, 2.75) is 44.4 Å². The van der Waals surface area contributed by atoms with Crippen molar-refractivity contribution in [1.82, 2.24) is 0 Å². The van der Waals surface area contributed by atoms with E-state index >= 15 is 0 Å². The van der Waals surface area contributed by atoms with Gasteiger partial charge in [-0.15, -0.1) is 0 Å². The van der Waals surface area contributed by atoms with Gasteiger partial charge in [0.2, 0.25) is 0 Å². The molecule has 0 aliphatic carbocycles. The van der Waals surface area contributed by atoms with E-state index in [0.29, 0.717) is 11.8 Å². The predicted octanol–water partition coefficient (Wildman–Crippen LogP) is 4.51. The smallest absolute Gasteiger partial charge is 0.138 e. The molecule has 1 aromatic carbocycles. The lowest BCUT2D eigenvalue weighted by atomic mass is 9.96. The number of hydrogen-bond acceptors (Lipinski definition) is 2. The highest BCUT2D eigenvalue weighted by molar-refractivity contribution is 8.03. The Morgan fingerprint density at radius 1 is 1.00 bits per heavy atom. The van der Waals surface area contributed by atoms with E-state index in [9.17, 15) is 0 Å². The molecule has 0 spiro atoms. The Hall–Kier alpha value is -0.940. The van der Waals surface area contributed by atoms with Crippen LogP contribution in [-0.2, 0) is 0 Å². The van der Waals surface area contributed by atoms with Gasteiger partial charge in [-0.25, -0.2) is 0 Å². The lowest BCUT2D eigenvalue weighted by Gasteiger charge is -2.12. The van der Waals surface area contributed by atoms with E-state index in [1.807, 2.05) is 0 Å². The topological polar surface area (TPSA) is 23.8 Å². The van der Waals surface area contributed by atoms with Gasteiger partial charge in [0.25, 0.3) is 0 Å². The van der Waals surface area contributed by atoms with Crippen molar-refractivity contribution >= 4 is 11.8 Å². The first-order valence-electron chi connectivity index (χ1n) is 5.25. The summed E-state index contributed by atoms with van der Waals surface area (Å²) in [5.41, 5.74) is 2.64. The zero-order valence-electron chi connectivity index (χ0n) is 9.74. The van der Waals surface area contributed by atoms with Crippen molar-refractivity contribution in [2.24, 2.45) is 0 Å². The number of thiocyanates is 1. The quantitative estimate of drug-likeness (QED) is 0.552. The predicted molar refractivity (Wildman–Crippen MR) is 66.1 cm³/mol. The normalized spacial score (nSPS) is 10.7. The van der Waals surface area contributed by atoms with E-state index in [1.54, 1.807) is 0 Å². The fourth-order valence-electron chi connectivity index (χ4n) is 1.42. The van der Waals surface area contributed by atoms with Crippen LogP contribution in [0.3, 0.4) is 0 Å². The van der Waals surface area contributed by atoms with Crippen LogP contribution in [0.5, 0.6) is 0 Å². The number of nitrogens with zero attached hydrogens (tertiary/aromatic N) is 1. The van der Waals surface area contributed by atoms with E-state index in [0.717, 1.165) is 4.90 Å². The monoisotopic (exact) mass is 219 g/mol. The molecule has 0 aromatic heterocycles. The largest absolute Gasteiger partial charge is 0.185 e. The Labute approximate surface area is 96.5 Å². The van der Waals surface area contributed by atoms with Gasteiger partial charge >= 0.3 is 0 Å². The highest BCUT2D eigenvalue weighted by atomic mass is 32.2. The van der Waals surface area contributed by atoms with E-state index in [4.69, 9.17) is 5.26 Å². The Balaban J connectivity index is 3.15. The second kappa shape index (κ2) is 5.23. The molecular formula is C13H17NS. The average molecular weight is 219 g/mol. The number of benzene rings is 1. The SMILES string of the molecule is CC(C)c1cc(SC#N)cc(C(C)C)c1. The molecule has 2 heteroatoms. The van der Waals surface area contributed by atoms with E-state index < -0.39 is 0 Å². The zero-order chi connectivity index (χ0) is 11.4. The molecule has 1 aromatic rings. The van der Waals surface area contributed by atoms with Gasteiger partial charge in [0, 0.05) is 4.90 Å². The molecule has 0 amide bonds. The molecule has 80 valence electrons. The number of thioether (sulfide) groups is 1. The minimum atomic E-state index is 0.516. The molecule has 1 nitrogen and oxygen atoms in total. The summed E-state index contributed by atoms with van der Waals surface area (Å²) < 4.78 is 0. The minimum absolute atomic E-state index is 0.516. The zero-order valence-corrected chi connectivity index (χ0v) is 10.6. The Kier molecular flexibility index (Phi) is 4.23. The molecule has 0 heterocycles. The summed E-state index contributed by atoms with van der Waals surface area (Å²) in [6, 6.07) is 6.48. The standard InChI is InChI=1S/C13H17NS/c1-9(2)11-5-12(10(3)4)7-13(6-11)15-8-14/h5-7,9-10H,1-4H3. The van der Waals surface area contributed by atoms with E-state index in [-0.39, 0.29) is 0 Å². The molecule has 0 saturated heterocycles. The van der Waals surface area contributed by atoms with Gasteiger partial charge < -0.3 is 0 Å². The van der Waals surface area contributed by atoms with Crippen LogP contribution < -0.4 is 0 Å². The lowest BCUT2D eigenvalue weighted by Crippen LogP contribution is -1.94. The summed E-state index contributed by atoms with van der Waals surface area (Å²) in [5, 5.41) is 10.8. The fourth-order valence-corrected chi connectivity index (χ4v) is 1.92. The summed E-state index contributed by atoms with van der Waals surface area (Å²) in [6.07, 6.45) is 0. The Bertz CT molecular complexity index is 348. The average Bonchev–Trinajstić information content (AvgIpc) is 2.17. The van der Waals surface area contributed by atoms with Crippen molar-refractivity contribution in [3.05, 3.63) is 29.3 Å². The molecule has 15 heavy (non-hydrogen) atoms. The van der Waals surface area contributed by atoms with Crippen LogP contribution in [-0.4, -0.2) is 0 Å². The molecule has 0 unspecified atom stereocenters. The van der Waals surface area contributed by atoms with Crippen molar-refractivity contribution in [3.8, 4) is 5.40 Å². The van der Waals surface area contributed by atoms with Crippen molar-refractivity contribution in [3.63, 3.8) is 0 Å². The van der Waals surface area contributed by atoms with Crippen molar-refractivity contribution in [2.75, 3.05) is 0 Å². The summed E-state index contributed by atoms with van der Waals surface area (Å²) in [4.78, 5) is 1.06. The van der Waals surface area contributed by atoms with Crippen LogP contribution >= 0.6 is 11.8 Å². The first-order valence-corrected chi connectivity index (χ1v) is 6.07. The van der Waals surface area contributed by atoms with Gasteiger partial charge in [-0.05, 0) is 46.9 Å². The highest BCUT2D eigenvalue weighted by Crippen LogP contribution is 2.28. The maximum Gasteiger partial charge on any atom is 0.138 e. The Morgan fingerprint density at radius 2 is 1.47 bits per heavy atom. The Morgan fingerprint density at radius 3 is 1.80 bits per heavy atom. The third-order valence-electron chi connectivity index (χ3n) is 2.45. The molecule has 0 bridgehead atoms. The summed E-state index contributed by atoms with van der Waals surface area (Å²) in [7, 11) is 0. The van der Waals surface area contributed by atoms with Crippen LogP contribution in [0.4, 0.5) is 0 Å². The summed E-state index contributed by atoms with van der Waals surface area (Å²) >= 11 is 1.24. The molecule has 0 N–H and O–H groups in total. The van der Waals surface area contributed by atoms with Crippen LogP contribution in [0.15, 0.2) is 23.1 Å². The summed E-state index contributed by atoms with van der Waals surface area (Å²) in [5.74, 6) is 1.03. The van der Waals surface area contributed by atoms with Gasteiger partial charge in [-0.3, -0.25) is 0 Å². The van der Waals surface area contributed by atoms with Gasteiger partial charge in [0.05, 0.1) is 0 Å². The first-order chi connectivity index (χ1) is 7.04. The second-order valence-electron chi connectivity index (χ2n) is 4.34. The molecule has 0 atom stereocenters. The highest BCUT2D eigenvalue weighted by Gasteiger charge is 2.07. The molecule has 0 radical (unpaired) electrons. The maximum absolute atomic E-state index is 8.69. The first kappa shape index (κ1) is 12.1. The fraction of sp³-hybridized carbons (Fsp3) is 0.462. The second-order valence-corrected chi connectivity index (χ2v) is 5.20. The van der Waals surface area contributed by atoms with E-state index in [1.165, 1.54) is 22.9 Å². The molecular weight excluding hydrogens is 202 g/mol. The van der Waals surface area contributed by atoms with Crippen LogP contribution in [0.1, 0.15) is 50.7 Å². The summed E-state index contributed by atoms with van der Waals surface area (Å²) in [6.45, 7) is 8.72. The molecule has 0 aliphatic heterocycles. The third kappa shape index (κ3) is 3.28. The van der Waals surface area contributed by atoms with Gasteiger partial charge in [-0.1, -0.05) is 33.8 Å². The maximum atomic E-state index is 8.69. The van der Waals surface area contributed by atoms with Crippen molar-refractivity contribution < 1.29 is 0 Å².